The van der Waals surface area contributed by atoms with E-state index in [0.29, 0.717) is 10.8 Å². The van der Waals surface area contributed by atoms with Crippen LogP contribution in [0.5, 0.6) is 0 Å². The average molecular weight is 197 g/mol. The van der Waals surface area contributed by atoms with Crippen molar-refractivity contribution < 1.29 is 0 Å². The van der Waals surface area contributed by atoms with Gasteiger partial charge in [-0.1, -0.05) is 30.7 Å². The molecule has 13 heavy (non-hydrogen) atoms. The van der Waals surface area contributed by atoms with Crippen LogP contribution in [0.15, 0.2) is 24.4 Å². The van der Waals surface area contributed by atoms with Crippen molar-refractivity contribution in [1.82, 2.24) is 4.98 Å². The standard InChI is InChI=1S/C10H13ClN2/c1-3-7(2)4-8-5-9(11)6-13-10(8)12/h5-6H,2-4H2,1H3,(H2,12,13). The number of pyridine rings is 1. The molecule has 0 amide bonds. The summed E-state index contributed by atoms with van der Waals surface area (Å²) < 4.78 is 0. The van der Waals surface area contributed by atoms with Gasteiger partial charge >= 0.3 is 0 Å². The van der Waals surface area contributed by atoms with Gasteiger partial charge < -0.3 is 5.73 Å². The van der Waals surface area contributed by atoms with Crippen LogP contribution >= 0.6 is 11.6 Å². The second kappa shape index (κ2) is 4.28. The van der Waals surface area contributed by atoms with Gasteiger partial charge in [-0.25, -0.2) is 4.98 Å². The lowest BCUT2D eigenvalue weighted by molar-refractivity contribution is 1.01. The van der Waals surface area contributed by atoms with Crippen LogP contribution in [0.3, 0.4) is 0 Å². The molecule has 1 aromatic heterocycles. The molecule has 0 saturated heterocycles. The van der Waals surface area contributed by atoms with Gasteiger partial charge in [0.05, 0.1) is 5.02 Å². The molecule has 0 atom stereocenters. The molecule has 0 saturated carbocycles. The molecule has 3 heteroatoms. The van der Waals surface area contributed by atoms with Crippen LogP contribution in [-0.4, -0.2) is 4.98 Å². The average Bonchev–Trinajstić information content (AvgIpc) is 2.11. The van der Waals surface area contributed by atoms with Crippen LogP contribution < -0.4 is 5.73 Å². The van der Waals surface area contributed by atoms with E-state index in [1.165, 1.54) is 0 Å². The normalized spacial score (nSPS) is 10.0. The predicted octanol–water partition coefficient (Wildman–Crippen LogP) is 2.83. The number of aromatic nitrogens is 1. The van der Waals surface area contributed by atoms with Crippen molar-refractivity contribution in [3.05, 3.63) is 35.0 Å². The van der Waals surface area contributed by atoms with Crippen LogP contribution in [0.1, 0.15) is 18.9 Å². The molecule has 0 aliphatic heterocycles. The second-order valence-electron chi connectivity index (χ2n) is 2.98. The van der Waals surface area contributed by atoms with E-state index in [-0.39, 0.29) is 0 Å². The van der Waals surface area contributed by atoms with Crippen molar-refractivity contribution in [3.63, 3.8) is 0 Å². The number of nitrogens with two attached hydrogens (primary N) is 1. The minimum Gasteiger partial charge on any atom is -0.383 e. The summed E-state index contributed by atoms with van der Waals surface area (Å²) in [5.74, 6) is 0.541. The summed E-state index contributed by atoms with van der Waals surface area (Å²) >= 11 is 5.80. The lowest BCUT2D eigenvalue weighted by Gasteiger charge is -2.05. The first kappa shape index (κ1) is 10.1. The molecule has 0 unspecified atom stereocenters. The Kier molecular flexibility index (Phi) is 3.32. The van der Waals surface area contributed by atoms with E-state index in [2.05, 4.69) is 18.5 Å². The fraction of sp³-hybridized carbons (Fsp3) is 0.300. The number of nitrogens with zero attached hydrogens (tertiary/aromatic N) is 1. The van der Waals surface area contributed by atoms with Crippen molar-refractivity contribution in [2.45, 2.75) is 19.8 Å². The van der Waals surface area contributed by atoms with Crippen molar-refractivity contribution in [1.29, 1.82) is 0 Å². The van der Waals surface area contributed by atoms with Gasteiger partial charge in [-0.15, -0.1) is 0 Å². The molecule has 0 aliphatic carbocycles. The molecule has 1 rings (SSSR count). The molecule has 1 heterocycles. The summed E-state index contributed by atoms with van der Waals surface area (Å²) in [5.41, 5.74) is 7.77. The Hall–Kier alpha value is -1.02. The topological polar surface area (TPSA) is 38.9 Å². The lowest BCUT2D eigenvalue weighted by Crippen LogP contribution is -1.98. The third-order valence-corrected chi connectivity index (χ3v) is 2.12. The van der Waals surface area contributed by atoms with E-state index >= 15 is 0 Å². The molecule has 0 aromatic carbocycles. The fourth-order valence-electron chi connectivity index (χ4n) is 1.03. The highest BCUT2D eigenvalue weighted by atomic mass is 35.5. The largest absolute Gasteiger partial charge is 0.383 e. The minimum absolute atomic E-state index is 0.541. The lowest BCUT2D eigenvalue weighted by atomic mass is 10.1. The van der Waals surface area contributed by atoms with Gasteiger partial charge in [-0.2, -0.15) is 0 Å². The molecule has 0 fully saturated rings. The highest BCUT2D eigenvalue weighted by Gasteiger charge is 2.02. The molecule has 0 bridgehead atoms. The van der Waals surface area contributed by atoms with Crippen LogP contribution in [-0.2, 0) is 6.42 Å². The maximum Gasteiger partial charge on any atom is 0.126 e. The van der Waals surface area contributed by atoms with Gasteiger partial charge in [0, 0.05) is 6.20 Å². The number of anilines is 1. The van der Waals surface area contributed by atoms with Crippen LogP contribution in [0.4, 0.5) is 5.82 Å². The van der Waals surface area contributed by atoms with Crippen LogP contribution in [0.2, 0.25) is 5.02 Å². The summed E-state index contributed by atoms with van der Waals surface area (Å²) in [6, 6.07) is 1.84. The van der Waals surface area contributed by atoms with Gasteiger partial charge in [0.1, 0.15) is 5.82 Å². The molecule has 2 nitrogen and oxygen atoms in total. The first-order valence-electron chi connectivity index (χ1n) is 4.20. The Bertz CT molecular complexity index is 321. The minimum atomic E-state index is 0.541. The van der Waals surface area contributed by atoms with E-state index < -0.39 is 0 Å². The quantitative estimate of drug-likeness (QED) is 0.756. The van der Waals surface area contributed by atoms with E-state index in [9.17, 15) is 0 Å². The zero-order valence-corrected chi connectivity index (χ0v) is 8.43. The third-order valence-electron chi connectivity index (χ3n) is 1.91. The van der Waals surface area contributed by atoms with Gasteiger partial charge in [-0.3, -0.25) is 0 Å². The molecule has 0 spiro atoms. The highest BCUT2D eigenvalue weighted by molar-refractivity contribution is 6.30. The van der Waals surface area contributed by atoms with Gasteiger partial charge in [0.15, 0.2) is 0 Å². The van der Waals surface area contributed by atoms with Gasteiger partial charge in [0.2, 0.25) is 0 Å². The molecule has 1 aromatic rings. The summed E-state index contributed by atoms with van der Waals surface area (Å²) in [5, 5.41) is 0.619. The van der Waals surface area contributed by atoms with Crippen molar-refractivity contribution >= 4 is 17.4 Å². The Labute approximate surface area is 83.4 Å². The summed E-state index contributed by atoms with van der Waals surface area (Å²) in [4.78, 5) is 3.97. The number of hydrogen-bond donors (Lipinski definition) is 1. The Morgan fingerprint density at radius 1 is 1.69 bits per heavy atom. The predicted molar refractivity (Wildman–Crippen MR) is 56.8 cm³/mol. The maximum atomic E-state index is 5.80. The SMILES string of the molecule is C=C(CC)Cc1cc(Cl)cnc1N. The number of halogens is 1. The number of rotatable bonds is 3. The molecule has 2 N–H and O–H groups in total. The molecule has 0 radical (unpaired) electrons. The third kappa shape index (κ3) is 2.74. The van der Waals surface area contributed by atoms with E-state index in [4.69, 9.17) is 17.3 Å². The Morgan fingerprint density at radius 3 is 3.00 bits per heavy atom. The highest BCUT2D eigenvalue weighted by Crippen LogP contribution is 2.18. The zero-order chi connectivity index (χ0) is 9.84. The zero-order valence-electron chi connectivity index (χ0n) is 7.68. The molecule has 0 aliphatic rings. The first-order chi connectivity index (χ1) is 6.13. The van der Waals surface area contributed by atoms with Gasteiger partial charge in [0.25, 0.3) is 0 Å². The van der Waals surface area contributed by atoms with Crippen LogP contribution in [0.25, 0.3) is 0 Å². The second-order valence-corrected chi connectivity index (χ2v) is 3.41. The van der Waals surface area contributed by atoms with Crippen LogP contribution in [0, 0.1) is 0 Å². The van der Waals surface area contributed by atoms with E-state index in [1.807, 2.05) is 6.07 Å². The maximum absolute atomic E-state index is 5.80. The number of allylic oxidation sites excluding steroid dienone is 1. The summed E-state index contributed by atoms with van der Waals surface area (Å²) in [6.07, 6.45) is 3.26. The van der Waals surface area contributed by atoms with E-state index in [1.54, 1.807) is 6.20 Å². The van der Waals surface area contributed by atoms with Crippen molar-refractivity contribution in [3.8, 4) is 0 Å². The fourth-order valence-corrected chi connectivity index (χ4v) is 1.21. The smallest absolute Gasteiger partial charge is 0.126 e. The monoisotopic (exact) mass is 196 g/mol. The van der Waals surface area contributed by atoms with E-state index in [0.717, 1.165) is 24.0 Å². The van der Waals surface area contributed by atoms with Crippen molar-refractivity contribution in [2.75, 3.05) is 5.73 Å². The summed E-state index contributed by atoms with van der Waals surface area (Å²) in [6.45, 7) is 5.98. The molecule has 70 valence electrons. The summed E-state index contributed by atoms with van der Waals surface area (Å²) in [7, 11) is 0. The molecular formula is C10H13ClN2. The van der Waals surface area contributed by atoms with Gasteiger partial charge in [-0.05, 0) is 24.5 Å². The Morgan fingerprint density at radius 2 is 2.38 bits per heavy atom. The number of nitrogen functional groups attached to an aromatic ring is 1. The number of hydrogen-bond acceptors (Lipinski definition) is 2. The Balaban J connectivity index is 2.87. The molecular weight excluding hydrogens is 184 g/mol. The first-order valence-corrected chi connectivity index (χ1v) is 4.57. The van der Waals surface area contributed by atoms with Crippen molar-refractivity contribution in [2.24, 2.45) is 0 Å².